The van der Waals surface area contributed by atoms with Crippen LogP contribution >= 0.6 is 0 Å². The molecule has 9 heteroatoms. The molecule has 3 aromatic heterocycles. The topological polar surface area (TPSA) is 96.7 Å². The molecule has 4 aromatic rings. The number of nitrogen functional groups attached to an aromatic ring is 1. The van der Waals surface area contributed by atoms with Gasteiger partial charge >= 0.3 is 0 Å². The molecular weight excluding hydrogens is 421 g/mol. The summed E-state index contributed by atoms with van der Waals surface area (Å²) in [5.74, 6) is 1.72. The molecule has 2 N–H and O–H groups in total. The van der Waals surface area contributed by atoms with Gasteiger partial charge in [-0.05, 0) is 56.4 Å². The second-order valence-corrected chi connectivity index (χ2v) is 8.88. The number of nitrogens with zero attached hydrogens (tertiary/aromatic N) is 6. The summed E-state index contributed by atoms with van der Waals surface area (Å²) in [6.45, 7) is 2.33. The molecule has 2 bridgehead atoms. The lowest BCUT2D eigenvalue weighted by Crippen LogP contribution is -2.13. The van der Waals surface area contributed by atoms with Crippen LogP contribution in [-0.4, -0.2) is 29.5 Å². The van der Waals surface area contributed by atoms with Gasteiger partial charge in [0.1, 0.15) is 18.2 Å². The van der Waals surface area contributed by atoms with Crippen molar-refractivity contribution in [2.45, 2.75) is 38.8 Å². The second kappa shape index (κ2) is 7.40. The van der Waals surface area contributed by atoms with Crippen molar-refractivity contribution in [3.05, 3.63) is 59.6 Å². The molecule has 0 radical (unpaired) electrons. The van der Waals surface area contributed by atoms with Crippen molar-refractivity contribution in [3.8, 4) is 28.3 Å². The number of ether oxygens (including phenoxy) is 1. The Morgan fingerprint density at radius 2 is 2.06 bits per heavy atom. The van der Waals surface area contributed by atoms with Crippen LogP contribution in [0.4, 0.5) is 10.2 Å². The maximum Gasteiger partial charge on any atom is 0.166 e. The third-order valence-electron chi connectivity index (χ3n) is 6.50. The van der Waals surface area contributed by atoms with Crippen molar-refractivity contribution < 1.29 is 9.13 Å². The number of hydrogen-bond acceptors (Lipinski definition) is 6. The van der Waals surface area contributed by atoms with E-state index in [1.807, 2.05) is 29.4 Å². The summed E-state index contributed by atoms with van der Waals surface area (Å²) in [5.41, 5.74) is 11.6. The zero-order chi connectivity index (χ0) is 22.7. The predicted octanol–water partition coefficient (Wildman–Crippen LogP) is 3.92. The van der Waals surface area contributed by atoms with E-state index in [2.05, 4.69) is 15.1 Å². The molecule has 1 aromatic carbocycles. The number of fused-ring (bicyclic) bond motifs is 7. The molecule has 8 nitrogen and oxygen atoms in total. The molecule has 0 amide bonds. The molecule has 1 fully saturated rings. The molecule has 1 aliphatic carbocycles. The van der Waals surface area contributed by atoms with E-state index in [0.29, 0.717) is 29.6 Å². The largest absolute Gasteiger partial charge is 0.482 e. The average molecular weight is 446 g/mol. The predicted molar refractivity (Wildman–Crippen MR) is 121 cm³/mol. The van der Waals surface area contributed by atoms with Gasteiger partial charge in [-0.2, -0.15) is 10.2 Å². The van der Waals surface area contributed by atoms with Crippen LogP contribution in [-0.2, 0) is 20.0 Å². The molecule has 4 heterocycles. The number of pyridine rings is 1. The Hall–Kier alpha value is -3.75. The number of rotatable bonds is 2. The van der Waals surface area contributed by atoms with Gasteiger partial charge in [0.05, 0.1) is 17.9 Å². The van der Waals surface area contributed by atoms with E-state index < -0.39 is 6.10 Å². The summed E-state index contributed by atoms with van der Waals surface area (Å²) in [6, 6.07) is 6.54. The van der Waals surface area contributed by atoms with Crippen molar-refractivity contribution in [3.63, 3.8) is 0 Å². The van der Waals surface area contributed by atoms with E-state index in [-0.39, 0.29) is 11.6 Å². The minimum Gasteiger partial charge on any atom is -0.482 e. The Labute approximate surface area is 190 Å². The lowest BCUT2D eigenvalue weighted by molar-refractivity contribution is 0.227. The Bertz CT molecular complexity index is 1370. The Balaban J connectivity index is 1.61. The minimum atomic E-state index is -0.487. The Morgan fingerprint density at radius 3 is 2.88 bits per heavy atom. The average Bonchev–Trinajstić information content (AvgIpc) is 3.40. The van der Waals surface area contributed by atoms with Crippen LogP contribution in [0.2, 0.25) is 0 Å². The quantitative estimate of drug-likeness (QED) is 0.502. The van der Waals surface area contributed by atoms with Crippen LogP contribution in [0.15, 0.2) is 36.8 Å². The van der Waals surface area contributed by atoms with E-state index in [4.69, 9.17) is 15.6 Å². The van der Waals surface area contributed by atoms with Gasteiger partial charge in [0.25, 0.3) is 0 Å². The van der Waals surface area contributed by atoms with E-state index in [1.54, 1.807) is 12.3 Å². The maximum absolute atomic E-state index is 14.2. The SMILES string of the molecule is CC1Oc2cc(cnc2N)-c2c(CC3CC3)nn(C)c2Cn2ncnc2-c2ccc(F)cc21. The first-order valence-corrected chi connectivity index (χ1v) is 11.1. The fourth-order valence-electron chi connectivity index (χ4n) is 4.62. The van der Waals surface area contributed by atoms with Gasteiger partial charge in [-0.15, -0.1) is 0 Å². The third-order valence-corrected chi connectivity index (χ3v) is 6.50. The van der Waals surface area contributed by atoms with Crippen molar-refractivity contribution in [1.29, 1.82) is 0 Å². The molecule has 1 aliphatic heterocycles. The molecule has 0 saturated heterocycles. The number of aryl methyl sites for hydroxylation is 1. The van der Waals surface area contributed by atoms with Crippen LogP contribution in [0.5, 0.6) is 5.75 Å². The van der Waals surface area contributed by atoms with E-state index in [1.165, 1.54) is 31.3 Å². The number of nitrogens with two attached hydrogens (primary N) is 1. The van der Waals surface area contributed by atoms with Crippen molar-refractivity contribution in [2.24, 2.45) is 13.0 Å². The normalized spacial score (nSPS) is 17.2. The second-order valence-electron chi connectivity index (χ2n) is 8.88. The van der Waals surface area contributed by atoms with Gasteiger partial charge in [-0.25, -0.2) is 19.0 Å². The fraction of sp³-hybridized carbons (Fsp3) is 0.333. The van der Waals surface area contributed by atoms with E-state index in [9.17, 15) is 4.39 Å². The van der Waals surface area contributed by atoms with Crippen LogP contribution in [0.1, 0.15) is 42.8 Å². The number of halogens is 1. The van der Waals surface area contributed by atoms with Crippen LogP contribution in [0.25, 0.3) is 22.5 Å². The third kappa shape index (κ3) is 3.44. The standard InChI is InChI=1S/C24H24FN7O/c1-13-18-9-16(25)5-6-17(18)24-28-12-29-32(24)11-20-22(15-8-21(33-13)23(26)27-10-15)19(30-31(20)2)7-14-3-4-14/h5-6,8-10,12-14H,3-4,7,11H2,1-2H3,(H2,26,27). The van der Waals surface area contributed by atoms with Gasteiger partial charge in [-0.3, -0.25) is 4.68 Å². The van der Waals surface area contributed by atoms with Gasteiger partial charge in [0, 0.05) is 35.5 Å². The summed E-state index contributed by atoms with van der Waals surface area (Å²) in [5, 5.41) is 9.37. The van der Waals surface area contributed by atoms with Crippen LogP contribution in [0.3, 0.4) is 0 Å². The van der Waals surface area contributed by atoms with Gasteiger partial charge in [0.2, 0.25) is 0 Å². The summed E-state index contributed by atoms with van der Waals surface area (Å²) in [7, 11) is 1.95. The molecule has 1 unspecified atom stereocenters. The highest BCUT2D eigenvalue weighted by Gasteiger charge is 2.29. The Morgan fingerprint density at radius 1 is 1.21 bits per heavy atom. The maximum atomic E-state index is 14.2. The Kier molecular flexibility index (Phi) is 4.46. The minimum absolute atomic E-state index is 0.290. The molecule has 168 valence electrons. The molecular formula is C24H24FN7O. The fourth-order valence-corrected chi connectivity index (χ4v) is 4.62. The smallest absolute Gasteiger partial charge is 0.166 e. The van der Waals surface area contributed by atoms with Gasteiger partial charge in [0.15, 0.2) is 17.4 Å². The van der Waals surface area contributed by atoms with Crippen molar-refractivity contribution in [1.82, 2.24) is 29.5 Å². The van der Waals surface area contributed by atoms with Gasteiger partial charge in [-0.1, -0.05) is 0 Å². The highest BCUT2D eigenvalue weighted by Crippen LogP contribution is 2.40. The van der Waals surface area contributed by atoms with Crippen molar-refractivity contribution in [2.75, 3.05) is 5.73 Å². The summed E-state index contributed by atoms with van der Waals surface area (Å²) in [6.07, 6.45) is 6.20. The molecule has 1 saturated carbocycles. The zero-order valence-corrected chi connectivity index (χ0v) is 18.5. The monoisotopic (exact) mass is 445 g/mol. The zero-order valence-electron chi connectivity index (χ0n) is 18.5. The first-order chi connectivity index (χ1) is 16.0. The number of benzene rings is 1. The number of aromatic nitrogens is 6. The first kappa shape index (κ1) is 19.9. The number of anilines is 1. The highest BCUT2D eigenvalue weighted by molar-refractivity contribution is 5.72. The number of hydrogen-bond donors (Lipinski definition) is 1. The van der Waals surface area contributed by atoms with E-state index >= 15 is 0 Å². The highest BCUT2D eigenvalue weighted by atomic mass is 19.1. The molecule has 33 heavy (non-hydrogen) atoms. The first-order valence-electron chi connectivity index (χ1n) is 11.1. The molecule has 1 atom stereocenters. The molecule has 0 spiro atoms. The molecule has 6 rings (SSSR count). The lowest BCUT2D eigenvalue weighted by atomic mass is 9.99. The van der Waals surface area contributed by atoms with E-state index in [0.717, 1.165) is 34.5 Å². The summed E-state index contributed by atoms with van der Waals surface area (Å²) < 4.78 is 24.2. The van der Waals surface area contributed by atoms with Crippen LogP contribution in [0, 0.1) is 11.7 Å². The van der Waals surface area contributed by atoms with Crippen LogP contribution < -0.4 is 10.5 Å². The van der Waals surface area contributed by atoms with Gasteiger partial charge < -0.3 is 10.5 Å². The summed E-state index contributed by atoms with van der Waals surface area (Å²) >= 11 is 0. The summed E-state index contributed by atoms with van der Waals surface area (Å²) in [4.78, 5) is 8.93. The lowest BCUT2D eigenvalue weighted by Gasteiger charge is -2.21. The molecule has 2 aliphatic rings. The van der Waals surface area contributed by atoms with Crippen molar-refractivity contribution >= 4 is 5.82 Å².